The van der Waals surface area contributed by atoms with Gasteiger partial charge in [0.15, 0.2) is 3.95 Å². The lowest BCUT2D eigenvalue weighted by molar-refractivity contribution is 1.21. The Morgan fingerprint density at radius 2 is 1.60 bits per heavy atom. The molecule has 2 aromatic carbocycles. The summed E-state index contributed by atoms with van der Waals surface area (Å²) in [5.74, 6) is 0. The monoisotopic (exact) mass is 333 g/mol. The largest absolute Gasteiger partial charge is 0.285 e. The van der Waals surface area contributed by atoms with Crippen LogP contribution in [-0.2, 0) is 0 Å². The van der Waals surface area contributed by atoms with E-state index >= 15 is 0 Å². The van der Waals surface area contributed by atoms with Crippen molar-refractivity contribution in [3.63, 3.8) is 0 Å². The maximum Gasteiger partial charge on any atom is 0.167 e. The van der Waals surface area contributed by atoms with Gasteiger partial charge in [-0.15, -0.1) is 36.6 Å². The van der Waals surface area contributed by atoms with Gasteiger partial charge in [-0.1, -0.05) is 42.5 Å². The molecule has 0 atom stereocenters. The number of rotatable bonds is 2. The number of hydrogen-bond donors (Lipinski definition) is 2. The predicted octanol–water partition coefficient (Wildman–Crippen LogP) is 5.58. The average Bonchev–Trinajstić information content (AvgIpc) is 2.82. The highest BCUT2D eigenvalue weighted by atomic mass is 32.1. The minimum atomic E-state index is 0.752. The Morgan fingerprint density at radius 3 is 2.35 bits per heavy atom. The molecule has 20 heavy (non-hydrogen) atoms. The summed E-state index contributed by atoms with van der Waals surface area (Å²) in [5.41, 5.74) is 2.09. The van der Waals surface area contributed by atoms with Crippen molar-refractivity contribution in [3.8, 4) is 0 Å². The Labute approximate surface area is 137 Å². The second kappa shape index (κ2) is 5.77. The first-order valence-corrected chi connectivity index (χ1v) is 8.09. The number of para-hydroxylation sites is 1. The van der Waals surface area contributed by atoms with Crippen molar-refractivity contribution in [2.45, 2.75) is 0 Å². The van der Waals surface area contributed by atoms with Crippen molar-refractivity contribution >= 4 is 69.0 Å². The van der Waals surface area contributed by atoms with Gasteiger partial charge >= 0.3 is 0 Å². The van der Waals surface area contributed by atoms with Crippen LogP contribution in [0.2, 0.25) is 0 Å². The lowest BCUT2D eigenvalue weighted by Gasteiger charge is -2.09. The van der Waals surface area contributed by atoms with Crippen molar-refractivity contribution < 1.29 is 0 Å². The van der Waals surface area contributed by atoms with Gasteiger partial charge < -0.3 is 0 Å². The van der Waals surface area contributed by atoms with Gasteiger partial charge in [0.05, 0.1) is 15.2 Å². The second-order valence-electron chi connectivity index (χ2n) is 4.21. The molecule has 1 nitrogen and oxygen atoms in total. The third kappa shape index (κ3) is 2.46. The highest BCUT2D eigenvalue weighted by Crippen LogP contribution is 2.33. The van der Waals surface area contributed by atoms with Crippen molar-refractivity contribution in [2.75, 3.05) is 0 Å². The molecule has 0 aliphatic heterocycles. The van der Waals surface area contributed by atoms with Crippen LogP contribution in [0.5, 0.6) is 0 Å². The van der Waals surface area contributed by atoms with Crippen molar-refractivity contribution in [3.05, 3.63) is 64.1 Å². The fraction of sp³-hybridized carbons (Fsp3) is 0. The van der Waals surface area contributed by atoms with Gasteiger partial charge in [-0.2, -0.15) is 0 Å². The zero-order chi connectivity index (χ0) is 14.1. The van der Waals surface area contributed by atoms with Crippen LogP contribution in [0.4, 0.5) is 0 Å². The van der Waals surface area contributed by atoms with Crippen LogP contribution in [0.3, 0.4) is 0 Å². The summed E-state index contributed by atoms with van der Waals surface area (Å²) in [4.78, 5) is 0.814. The first kappa shape index (κ1) is 13.9. The summed E-state index contributed by atoms with van der Waals surface area (Å²) in [6.07, 6.45) is 0. The lowest BCUT2D eigenvalue weighted by atomic mass is 10.2. The highest BCUT2D eigenvalue weighted by molar-refractivity contribution is 7.96. The number of thiazole rings is 1. The van der Waals surface area contributed by atoms with Crippen LogP contribution in [0.1, 0.15) is 5.56 Å². The van der Waals surface area contributed by atoms with Crippen LogP contribution < -0.4 is 0 Å². The molecule has 0 bridgehead atoms. The molecule has 0 amide bonds. The van der Waals surface area contributed by atoms with Gasteiger partial charge in [0.2, 0.25) is 0 Å². The fourth-order valence-electron chi connectivity index (χ4n) is 2.00. The summed E-state index contributed by atoms with van der Waals surface area (Å²) < 4.78 is 3.89. The van der Waals surface area contributed by atoms with E-state index in [-0.39, 0.29) is 0 Å². The number of thiol groups is 2. The summed E-state index contributed by atoms with van der Waals surface area (Å²) in [7, 11) is 0. The maximum atomic E-state index is 5.46. The van der Waals surface area contributed by atoms with Crippen molar-refractivity contribution in [1.29, 1.82) is 0 Å². The first-order valence-electron chi connectivity index (χ1n) is 5.97. The third-order valence-corrected chi connectivity index (χ3v) is 5.38. The van der Waals surface area contributed by atoms with Crippen LogP contribution in [0.25, 0.3) is 20.2 Å². The Balaban J connectivity index is 2.25. The molecular formula is C15H11NS4. The molecule has 0 aliphatic carbocycles. The van der Waals surface area contributed by atoms with Gasteiger partial charge in [0, 0.05) is 4.91 Å². The average molecular weight is 334 g/mol. The summed E-state index contributed by atoms with van der Waals surface area (Å²) >= 11 is 16.3. The van der Waals surface area contributed by atoms with Crippen LogP contribution >= 0.6 is 48.8 Å². The van der Waals surface area contributed by atoms with Gasteiger partial charge in [-0.25, -0.2) is 0 Å². The van der Waals surface area contributed by atoms with Crippen molar-refractivity contribution in [1.82, 2.24) is 4.57 Å². The second-order valence-corrected chi connectivity index (χ2v) is 6.76. The Hall–Kier alpha value is -1.01. The zero-order valence-corrected chi connectivity index (χ0v) is 13.8. The smallest absolute Gasteiger partial charge is 0.167 e. The fourth-order valence-corrected chi connectivity index (χ4v) is 4.06. The van der Waals surface area contributed by atoms with E-state index in [1.807, 2.05) is 53.1 Å². The van der Waals surface area contributed by atoms with Crippen LogP contribution in [0, 0.1) is 3.95 Å². The molecule has 3 rings (SSSR count). The van der Waals surface area contributed by atoms with E-state index in [1.165, 1.54) is 0 Å². The number of hydrogen-bond acceptors (Lipinski definition) is 4. The van der Waals surface area contributed by atoms with E-state index in [0.29, 0.717) is 0 Å². The van der Waals surface area contributed by atoms with E-state index in [2.05, 4.69) is 31.3 Å². The predicted molar refractivity (Wildman–Crippen MR) is 98.2 cm³/mol. The van der Waals surface area contributed by atoms with Gasteiger partial charge in [-0.3, -0.25) is 4.57 Å². The van der Waals surface area contributed by atoms with E-state index in [9.17, 15) is 0 Å². The normalized spacial score (nSPS) is 12.5. The Kier molecular flexibility index (Phi) is 4.03. The molecule has 0 fully saturated rings. The molecule has 0 saturated carbocycles. The Bertz CT molecular complexity index is 843. The van der Waals surface area contributed by atoms with E-state index in [4.69, 9.17) is 12.2 Å². The van der Waals surface area contributed by atoms with Gasteiger partial charge in [-0.05, 0) is 29.9 Å². The first-order chi connectivity index (χ1) is 9.68. The van der Waals surface area contributed by atoms with Crippen LogP contribution in [-0.4, -0.2) is 4.57 Å². The van der Waals surface area contributed by atoms with Crippen molar-refractivity contribution in [2.24, 2.45) is 0 Å². The molecule has 5 heteroatoms. The van der Waals surface area contributed by atoms with Gasteiger partial charge in [0.25, 0.3) is 0 Å². The SMILES string of the molecule is S=c1sc2ccccc2n1/C(S)=C(\S)c1ccccc1. The third-order valence-electron chi connectivity index (χ3n) is 2.96. The van der Waals surface area contributed by atoms with Crippen LogP contribution in [0.15, 0.2) is 54.6 Å². The summed E-state index contributed by atoms with van der Waals surface area (Å²) in [6, 6.07) is 18.1. The number of nitrogens with zero attached hydrogens (tertiary/aromatic N) is 1. The standard InChI is InChI=1S/C15H11NS4/c17-13(10-6-2-1-3-7-10)14(18)16-11-8-4-5-9-12(11)20-15(16)19/h1-9,17-18H/b14-13+. The zero-order valence-electron chi connectivity index (χ0n) is 10.4. The van der Waals surface area contributed by atoms with E-state index in [1.54, 1.807) is 11.3 Å². The molecular weight excluding hydrogens is 322 g/mol. The minimum Gasteiger partial charge on any atom is -0.285 e. The number of aromatic nitrogens is 1. The van der Waals surface area contributed by atoms with Gasteiger partial charge in [0.1, 0.15) is 0 Å². The molecule has 100 valence electrons. The molecule has 0 aliphatic rings. The molecule has 3 aromatic rings. The number of fused-ring (bicyclic) bond motifs is 1. The molecule has 0 saturated heterocycles. The quantitative estimate of drug-likeness (QED) is 0.458. The molecule has 0 N–H and O–H groups in total. The van der Waals surface area contributed by atoms with E-state index in [0.717, 1.165) is 29.7 Å². The topological polar surface area (TPSA) is 4.93 Å². The highest BCUT2D eigenvalue weighted by Gasteiger charge is 2.10. The maximum absolute atomic E-state index is 5.46. The minimum absolute atomic E-state index is 0.752. The molecule has 0 radical (unpaired) electrons. The molecule has 0 spiro atoms. The van der Waals surface area contributed by atoms with E-state index < -0.39 is 0 Å². The summed E-state index contributed by atoms with van der Waals surface area (Å²) in [6.45, 7) is 0. The molecule has 1 aromatic heterocycles. The summed E-state index contributed by atoms with van der Waals surface area (Å²) in [5, 5.41) is 0.752. The number of benzene rings is 2. The molecule has 1 heterocycles. The Morgan fingerprint density at radius 1 is 0.950 bits per heavy atom. The lowest BCUT2D eigenvalue weighted by Crippen LogP contribution is -1.93. The molecule has 0 unspecified atom stereocenters.